The molecule has 0 atom stereocenters. The number of nitro benzene ring substituents is 1. The van der Waals surface area contributed by atoms with E-state index < -0.39 is 22.8 Å². The van der Waals surface area contributed by atoms with Crippen LogP contribution in [0.2, 0.25) is 0 Å². The highest BCUT2D eigenvalue weighted by Crippen LogP contribution is 2.37. The van der Waals surface area contributed by atoms with Crippen molar-refractivity contribution in [3.05, 3.63) is 126 Å². The van der Waals surface area contributed by atoms with Gasteiger partial charge in [0.2, 0.25) is 0 Å². The first-order chi connectivity index (χ1) is 21.6. The summed E-state index contributed by atoms with van der Waals surface area (Å²) in [5.74, 6) is -0.653. The van der Waals surface area contributed by atoms with Gasteiger partial charge in [-0.3, -0.25) is 19.7 Å². The lowest BCUT2D eigenvalue weighted by molar-refractivity contribution is -0.384. The van der Waals surface area contributed by atoms with Crippen molar-refractivity contribution < 1.29 is 28.8 Å². The van der Waals surface area contributed by atoms with E-state index >= 15 is 0 Å². The fourth-order valence-corrected chi connectivity index (χ4v) is 5.67. The van der Waals surface area contributed by atoms with E-state index in [1.54, 1.807) is 86.6 Å². The number of imide groups is 2. The average molecular weight is 718 g/mol. The molecule has 11 heteroatoms. The highest BCUT2D eigenvalue weighted by Gasteiger charge is 2.44. The molecule has 5 rings (SSSR count). The first-order valence-electron chi connectivity index (χ1n) is 14.0. The Labute approximate surface area is 273 Å². The normalized spacial score (nSPS) is 13.2. The maximum absolute atomic E-state index is 13.9. The minimum atomic E-state index is -0.759. The highest BCUT2D eigenvalue weighted by atomic mass is 127. The summed E-state index contributed by atoms with van der Waals surface area (Å²) >= 11 is 2.08. The molecular formula is C34H28IN3O7. The van der Waals surface area contributed by atoms with E-state index in [1.807, 2.05) is 6.92 Å². The van der Waals surface area contributed by atoms with Gasteiger partial charge in [-0.25, -0.2) is 14.6 Å². The number of benzene rings is 4. The molecule has 0 saturated carbocycles. The number of non-ortho nitro benzene ring substituents is 1. The number of carbonyl (C=O) groups is 3. The van der Waals surface area contributed by atoms with Crippen LogP contribution in [0, 0.1) is 27.5 Å². The number of ether oxygens (including phenoxy) is 2. The number of halogens is 1. The summed E-state index contributed by atoms with van der Waals surface area (Å²) < 4.78 is 12.6. The zero-order valence-electron chi connectivity index (χ0n) is 24.7. The summed E-state index contributed by atoms with van der Waals surface area (Å²) in [6, 6.07) is 22.7. The predicted octanol–water partition coefficient (Wildman–Crippen LogP) is 7.38. The second-order valence-electron chi connectivity index (χ2n) is 10.2. The minimum Gasteiger partial charge on any atom is -0.490 e. The van der Waals surface area contributed by atoms with Gasteiger partial charge in [0.05, 0.1) is 26.5 Å². The second kappa shape index (κ2) is 13.3. The molecule has 4 amide bonds. The van der Waals surface area contributed by atoms with Crippen molar-refractivity contribution in [1.82, 2.24) is 0 Å². The monoisotopic (exact) mass is 717 g/mol. The number of nitro groups is 1. The molecule has 1 fully saturated rings. The van der Waals surface area contributed by atoms with Crippen LogP contribution < -0.4 is 19.3 Å². The number of hydrogen-bond acceptors (Lipinski definition) is 7. The zero-order valence-corrected chi connectivity index (χ0v) is 26.8. The number of barbiturate groups is 1. The number of hydrogen-bond donors (Lipinski definition) is 0. The Balaban J connectivity index is 1.55. The molecule has 45 heavy (non-hydrogen) atoms. The number of para-hydroxylation sites is 2. The van der Waals surface area contributed by atoms with Crippen molar-refractivity contribution >= 4 is 63.6 Å². The van der Waals surface area contributed by atoms with Crippen LogP contribution >= 0.6 is 22.6 Å². The largest absolute Gasteiger partial charge is 0.490 e. The average Bonchev–Trinajstić information content (AvgIpc) is 3.01. The maximum Gasteiger partial charge on any atom is 0.343 e. The van der Waals surface area contributed by atoms with Gasteiger partial charge in [-0.05, 0) is 108 Å². The van der Waals surface area contributed by atoms with E-state index in [-0.39, 0.29) is 17.9 Å². The van der Waals surface area contributed by atoms with Gasteiger partial charge >= 0.3 is 6.03 Å². The fourth-order valence-electron chi connectivity index (χ4n) is 4.89. The van der Waals surface area contributed by atoms with Crippen LogP contribution in [0.5, 0.6) is 11.5 Å². The van der Waals surface area contributed by atoms with E-state index in [9.17, 15) is 24.5 Å². The molecule has 0 spiro atoms. The summed E-state index contributed by atoms with van der Waals surface area (Å²) in [6.07, 6.45) is 1.46. The summed E-state index contributed by atoms with van der Waals surface area (Å²) in [5.41, 5.74) is 3.15. The Morgan fingerprint density at radius 3 is 1.89 bits per heavy atom. The van der Waals surface area contributed by atoms with Crippen LogP contribution in [0.25, 0.3) is 6.08 Å². The lowest BCUT2D eigenvalue weighted by Gasteiger charge is -2.35. The maximum atomic E-state index is 13.9. The Morgan fingerprint density at radius 2 is 1.38 bits per heavy atom. The SMILES string of the molecule is CCOc1cc(C=C2C(=O)N(c3ccccc3C)C(=O)N(c3ccccc3C)C2=O)cc(I)c1OCc1ccc([N+](=O)[O-])cc1. The summed E-state index contributed by atoms with van der Waals surface area (Å²) in [4.78, 5) is 54.3. The Kier molecular flexibility index (Phi) is 9.28. The smallest absolute Gasteiger partial charge is 0.343 e. The van der Waals surface area contributed by atoms with Crippen molar-refractivity contribution in [3.8, 4) is 11.5 Å². The molecule has 1 aliphatic rings. The minimum absolute atomic E-state index is 0.0174. The van der Waals surface area contributed by atoms with Crippen LogP contribution in [0.15, 0.2) is 90.5 Å². The molecule has 10 nitrogen and oxygen atoms in total. The Bertz CT molecular complexity index is 1780. The van der Waals surface area contributed by atoms with Crippen molar-refractivity contribution in [1.29, 1.82) is 0 Å². The van der Waals surface area contributed by atoms with Crippen molar-refractivity contribution in [2.75, 3.05) is 16.4 Å². The Morgan fingerprint density at radius 1 is 0.822 bits per heavy atom. The fraction of sp³-hybridized carbons (Fsp3) is 0.147. The molecular weight excluding hydrogens is 689 g/mol. The van der Waals surface area contributed by atoms with E-state index in [1.165, 1.54) is 18.2 Å². The van der Waals surface area contributed by atoms with Crippen LogP contribution in [-0.2, 0) is 16.2 Å². The van der Waals surface area contributed by atoms with Gasteiger partial charge in [-0.15, -0.1) is 0 Å². The molecule has 0 aliphatic carbocycles. The number of urea groups is 1. The zero-order chi connectivity index (χ0) is 32.2. The Hall–Kier alpha value is -5.04. The molecule has 0 aromatic heterocycles. The molecule has 4 aromatic rings. The molecule has 1 saturated heterocycles. The van der Waals surface area contributed by atoms with Gasteiger partial charge in [0.25, 0.3) is 17.5 Å². The van der Waals surface area contributed by atoms with E-state index in [0.29, 0.717) is 49.7 Å². The highest BCUT2D eigenvalue weighted by molar-refractivity contribution is 14.1. The van der Waals surface area contributed by atoms with Crippen molar-refractivity contribution in [2.45, 2.75) is 27.4 Å². The van der Waals surface area contributed by atoms with Gasteiger partial charge in [0.15, 0.2) is 11.5 Å². The summed E-state index contributed by atoms with van der Waals surface area (Å²) in [7, 11) is 0. The topological polar surface area (TPSA) is 119 Å². The molecule has 1 aliphatic heterocycles. The third kappa shape index (κ3) is 6.43. The van der Waals surface area contributed by atoms with Crippen LogP contribution in [0.3, 0.4) is 0 Å². The molecule has 0 radical (unpaired) electrons. The third-order valence-electron chi connectivity index (χ3n) is 7.14. The number of amides is 4. The van der Waals surface area contributed by atoms with E-state index in [2.05, 4.69) is 22.6 Å². The quantitative estimate of drug-likeness (QED) is 0.0583. The van der Waals surface area contributed by atoms with Crippen LogP contribution in [0.1, 0.15) is 29.2 Å². The number of carbonyl (C=O) groups excluding carboxylic acids is 3. The molecule has 228 valence electrons. The van der Waals surface area contributed by atoms with Gasteiger partial charge in [-0.2, -0.15) is 0 Å². The second-order valence-corrected chi connectivity index (χ2v) is 11.3. The molecule has 1 heterocycles. The molecule has 0 N–H and O–H groups in total. The standard InChI is InChI=1S/C34H28IN3O7/c1-4-44-30-19-24(18-27(35)31(30)45-20-23-13-15-25(16-14-23)38(42)43)17-26-32(39)36(28-11-7-5-9-21(28)2)34(41)37(33(26)40)29-12-8-6-10-22(29)3/h5-19H,4,20H2,1-3H3. The lowest BCUT2D eigenvalue weighted by Crippen LogP contribution is -2.57. The lowest BCUT2D eigenvalue weighted by atomic mass is 10.0. The summed E-state index contributed by atoms with van der Waals surface area (Å²) in [6.45, 7) is 5.85. The first-order valence-corrected chi connectivity index (χ1v) is 15.1. The van der Waals surface area contributed by atoms with Gasteiger partial charge in [0, 0.05) is 12.1 Å². The number of anilines is 2. The number of rotatable bonds is 9. The first kappa shape index (κ1) is 31.4. The van der Waals surface area contributed by atoms with Crippen LogP contribution in [-0.4, -0.2) is 29.4 Å². The summed E-state index contributed by atoms with van der Waals surface area (Å²) in [5, 5.41) is 11.0. The molecule has 0 unspecified atom stereocenters. The number of nitrogens with zero attached hydrogens (tertiary/aromatic N) is 3. The third-order valence-corrected chi connectivity index (χ3v) is 7.94. The molecule has 0 bridgehead atoms. The van der Waals surface area contributed by atoms with Gasteiger partial charge in [0.1, 0.15) is 12.2 Å². The predicted molar refractivity (Wildman–Crippen MR) is 178 cm³/mol. The van der Waals surface area contributed by atoms with Crippen molar-refractivity contribution in [2.24, 2.45) is 0 Å². The van der Waals surface area contributed by atoms with Crippen LogP contribution in [0.4, 0.5) is 21.9 Å². The van der Waals surface area contributed by atoms with E-state index in [4.69, 9.17) is 9.47 Å². The van der Waals surface area contributed by atoms with E-state index in [0.717, 1.165) is 15.4 Å². The van der Waals surface area contributed by atoms with Crippen molar-refractivity contribution in [3.63, 3.8) is 0 Å². The molecule has 4 aromatic carbocycles. The van der Waals surface area contributed by atoms with Gasteiger partial charge in [-0.1, -0.05) is 36.4 Å². The van der Waals surface area contributed by atoms with Gasteiger partial charge < -0.3 is 9.47 Å². The number of aryl methyl sites for hydroxylation is 2.